The maximum Gasteiger partial charge on any atom is 0.115 e. The Kier molecular flexibility index (Phi) is 5.28. The third kappa shape index (κ3) is 5.33. The van der Waals surface area contributed by atoms with E-state index in [1.807, 2.05) is 12.1 Å². The van der Waals surface area contributed by atoms with Crippen LogP contribution in [-0.2, 0) is 6.54 Å². The summed E-state index contributed by atoms with van der Waals surface area (Å²) in [4.78, 5) is 2.53. The van der Waals surface area contributed by atoms with Crippen molar-refractivity contribution in [1.29, 1.82) is 0 Å². The summed E-state index contributed by atoms with van der Waals surface area (Å²) in [6.07, 6.45) is 3.83. The summed E-state index contributed by atoms with van der Waals surface area (Å²) in [7, 11) is 0. The van der Waals surface area contributed by atoms with Crippen LogP contribution in [0.25, 0.3) is 0 Å². The van der Waals surface area contributed by atoms with E-state index in [1.54, 1.807) is 6.07 Å². The van der Waals surface area contributed by atoms with Gasteiger partial charge in [0.05, 0.1) is 6.10 Å². The molecule has 0 heterocycles. The van der Waals surface area contributed by atoms with Crippen LogP contribution in [0.2, 0.25) is 0 Å². The fourth-order valence-electron chi connectivity index (χ4n) is 3.24. The zero-order valence-electron chi connectivity index (χ0n) is 13.5. The van der Waals surface area contributed by atoms with Crippen LogP contribution >= 0.6 is 0 Å². The molecule has 1 saturated carbocycles. The van der Waals surface area contributed by atoms with E-state index in [-0.39, 0.29) is 11.5 Å². The molecule has 0 radical (unpaired) electrons. The van der Waals surface area contributed by atoms with Crippen LogP contribution < -0.4 is 0 Å². The van der Waals surface area contributed by atoms with E-state index in [9.17, 15) is 10.2 Å². The van der Waals surface area contributed by atoms with Gasteiger partial charge in [-0.25, -0.2) is 0 Å². The lowest BCUT2D eigenvalue weighted by molar-refractivity contribution is 0.0536. The molecule has 1 aliphatic rings. The predicted molar refractivity (Wildman–Crippen MR) is 86.2 cm³/mol. The van der Waals surface area contributed by atoms with E-state index in [0.717, 1.165) is 44.3 Å². The Labute approximate surface area is 128 Å². The molecule has 0 bridgehead atoms. The average molecular weight is 291 g/mol. The highest BCUT2D eigenvalue weighted by atomic mass is 16.3. The van der Waals surface area contributed by atoms with E-state index >= 15 is 0 Å². The quantitative estimate of drug-likeness (QED) is 0.891. The number of phenols is 1. The van der Waals surface area contributed by atoms with Gasteiger partial charge in [0.2, 0.25) is 0 Å². The first kappa shape index (κ1) is 16.3. The lowest BCUT2D eigenvalue weighted by atomic mass is 9.89. The van der Waals surface area contributed by atoms with Crippen molar-refractivity contribution in [1.82, 2.24) is 4.90 Å². The van der Waals surface area contributed by atoms with Gasteiger partial charge in [-0.2, -0.15) is 0 Å². The number of benzene rings is 1. The number of nitrogens with zero attached hydrogens (tertiary/aromatic N) is 1. The molecule has 118 valence electrons. The molecule has 1 fully saturated rings. The van der Waals surface area contributed by atoms with Crippen molar-refractivity contribution in [3.8, 4) is 5.75 Å². The first-order valence-electron chi connectivity index (χ1n) is 8.03. The molecule has 3 nitrogen and oxygen atoms in total. The number of rotatable bonds is 4. The normalized spacial score (nSPS) is 23.5. The summed E-state index contributed by atoms with van der Waals surface area (Å²) in [6, 6.07) is 8.09. The number of hydrogen-bond donors (Lipinski definition) is 2. The van der Waals surface area contributed by atoms with Crippen molar-refractivity contribution >= 4 is 0 Å². The van der Waals surface area contributed by atoms with Crippen LogP contribution in [0.3, 0.4) is 0 Å². The standard InChI is InChI=1S/C18H29NO2/c1-18(2,3)13-19(15-7-9-16(20)10-8-15)12-14-5-4-6-17(21)11-14/h4-6,11,15-16,20-21H,7-10,12-13H2,1-3H3. The maximum atomic E-state index is 9.72. The summed E-state index contributed by atoms with van der Waals surface area (Å²) >= 11 is 0. The molecule has 0 saturated heterocycles. The Morgan fingerprint density at radius 2 is 1.81 bits per heavy atom. The van der Waals surface area contributed by atoms with Gasteiger partial charge in [0, 0.05) is 19.1 Å². The van der Waals surface area contributed by atoms with Gasteiger partial charge in [-0.1, -0.05) is 32.9 Å². The first-order chi connectivity index (χ1) is 9.83. The van der Waals surface area contributed by atoms with E-state index in [0.29, 0.717) is 11.8 Å². The second-order valence-corrected chi connectivity index (χ2v) is 7.60. The molecule has 2 rings (SSSR count). The number of phenolic OH excluding ortho intramolecular Hbond substituents is 1. The van der Waals surface area contributed by atoms with Gasteiger partial charge >= 0.3 is 0 Å². The minimum absolute atomic E-state index is 0.112. The molecule has 0 atom stereocenters. The Morgan fingerprint density at radius 3 is 2.38 bits per heavy atom. The van der Waals surface area contributed by atoms with E-state index in [2.05, 4.69) is 31.7 Å². The van der Waals surface area contributed by atoms with Crippen molar-refractivity contribution < 1.29 is 10.2 Å². The summed E-state index contributed by atoms with van der Waals surface area (Å²) in [5, 5.41) is 19.4. The van der Waals surface area contributed by atoms with Gasteiger partial charge in [-0.15, -0.1) is 0 Å². The number of aliphatic hydroxyl groups is 1. The number of aliphatic hydroxyl groups excluding tert-OH is 1. The Hall–Kier alpha value is -1.06. The molecule has 21 heavy (non-hydrogen) atoms. The van der Waals surface area contributed by atoms with Crippen LogP contribution in [0.5, 0.6) is 5.75 Å². The van der Waals surface area contributed by atoms with Crippen LogP contribution in [0.4, 0.5) is 0 Å². The minimum atomic E-state index is -0.112. The monoisotopic (exact) mass is 291 g/mol. The Bertz CT molecular complexity index is 445. The van der Waals surface area contributed by atoms with Gasteiger partial charge in [0.1, 0.15) is 5.75 Å². The zero-order chi connectivity index (χ0) is 15.5. The molecule has 1 aromatic rings. The van der Waals surface area contributed by atoms with Crippen molar-refractivity contribution in [3.05, 3.63) is 29.8 Å². The smallest absolute Gasteiger partial charge is 0.115 e. The molecule has 0 aliphatic heterocycles. The number of hydrogen-bond acceptors (Lipinski definition) is 3. The fraction of sp³-hybridized carbons (Fsp3) is 0.667. The Morgan fingerprint density at radius 1 is 1.14 bits per heavy atom. The highest BCUT2D eigenvalue weighted by Crippen LogP contribution is 2.28. The summed E-state index contributed by atoms with van der Waals surface area (Å²) < 4.78 is 0. The Balaban J connectivity index is 2.08. The third-order valence-corrected chi connectivity index (χ3v) is 4.16. The van der Waals surface area contributed by atoms with Gasteiger partial charge < -0.3 is 10.2 Å². The zero-order valence-corrected chi connectivity index (χ0v) is 13.5. The first-order valence-corrected chi connectivity index (χ1v) is 8.03. The van der Waals surface area contributed by atoms with E-state index in [4.69, 9.17) is 0 Å². The largest absolute Gasteiger partial charge is 0.508 e. The molecule has 0 unspecified atom stereocenters. The van der Waals surface area contributed by atoms with Crippen molar-refractivity contribution in [2.45, 2.75) is 65.1 Å². The molecule has 3 heteroatoms. The highest BCUT2D eigenvalue weighted by Gasteiger charge is 2.27. The molecule has 0 amide bonds. The molecule has 1 aromatic carbocycles. The maximum absolute atomic E-state index is 9.72. The van der Waals surface area contributed by atoms with Crippen molar-refractivity contribution in [2.24, 2.45) is 5.41 Å². The van der Waals surface area contributed by atoms with Crippen LogP contribution in [0.15, 0.2) is 24.3 Å². The van der Waals surface area contributed by atoms with Crippen LogP contribution in [0, 0.1) is 5.41 Å². The molecular weight excluding hydrogens is 262 g/mol. The van der Waals surface area contributed by atoms with Gasteiger partial charge in [-0.05, 0) is 48.8 Å². The highest BCUT2D eigenvalue weighted by molar-refractivity contribution is 5.27. The molecule has 1 aliphatic carbocycles. The SMILES string of the molecule is CC(C)(C)CN(Cc1cccc(O)c1)C1CCC(O)CC1. The molecule has 0 aromatic heterocycles. The fourth-order valence-corrected chi connectivity index (χ4v) is 3.24. The molecular formula is C18H29NO2. The van der Waals surface area contributed by atoms with E-state index < -0.39 is 0 Å². The van der Waals surface area contributed by atoms with Crippen molar-refractivity contribution in [2.75, 3.05) is 6.54 Å². The molecule has 2 N–H and O–H groups in total. The summed E-state index contributed by atoms with van der Waals surface area (Å²) in [6.45, 7) is 8.69. The lowest BCUT2D eigenvalue weighted by Crippen LogP contribution is -2.42. The van der Waals surface area contributed by atoms with Crippen LogP contribution in [0.1, 0.15) is 52.0 Å². The predicted octanol–water partition coefficient (Wildman–Crippen LogP) is 3.54. The topological polar surface area (TPSA) is 43.7 Å². The third-order valence-electron chi connectivity index (χ3n) is 4.16. The summed E-state index contributed by atoms with van der Waals surface area (Å²) in [5.74, 6) is 0.335. The number of aromatic hydroxyl groups is 1. The molecule has 0 spiro atoms. The van der Waals surface area contributed by atoms with Gasteiger partial charge in [0.15, 0.2) is 0 Å². The second-order valence-electron chi connectivity index (χ2n) is 7.60. The average Bonchev–Trinajstić information content (AvgIpc) is 2.37. The second kappa shape index (κ2) is 6.80. The van der Waals surface area contributed by atoms with Gasteiger partial charge in [0.25, 0.3) is 0 Å². The van der Waals surface area contributed by atoms with Gasteiger partial charge in [-0.3, -0.25) is 4.90 Å². The lowest BCUT2D eigenvalue weighted by Gasteiger charge is -2.39. The van der Waals surface area contributed by atoms with E-state index in [1.165, 1.54) is 0 Å². The van der Waals surface area contributed by atoms with Crippen LogP contribution in [-0.4, -0.2) is 33.8 Å². The van der Waals surface area contributed by atoms with Crippen molar-refractivity contribution in [3.63, 3.8) is 0 Å². The minimum Gasteiger partial charge on any atom is -0.508 e. The summed E-state index contributed by atoms with van der Waals surface area (Å²) in [5.41, 5.74) is 1.40.